The van der Waals surface area contributed by atoms with E-state index in [1.165, 1.54) is 29.6 Å². The average molecular weight is 490 g/mol. The number of nitriles is 1. The topological polar surface area (TPSA) is 83.6 Å². The first-order chi connectivity index (χ1) is 16.6. The lowest BCUT2D eigenvalue weighted by molar-refractivity contribution is -0.113. The molecule has 0 aliphatic carbocycles. The summed E-state index contributed by atoms with van der Waals surface area (Å²) < 4.78 is 16.3. The van der Waals surface area contributed by atoms with E-state index in [4.69, 9.17) is 5.26 Å². The van der Waals surface area contributed by atoms with Crippen LogP contribution in [0.1, 0.15) is 5.56 Å². The van der Waals surface area contributed by atoms with Crippen molar-refractivity contribution in [2.75, 3.05) is 16.8 Å². The molecule has 170 valence electrons. The minimum Gasteiger partial charge on any atom is -0.324 e. The predicted octanol–water partition coefficient (Wildman–Crippen LogP) is 5.73. The summed E-state index contributed by atoms with van der Waals surface area (Å²) in [6, 6.07) is 23.6. The van der Waals surface area contributed by atoms with E-state index in [9.17, 15) is 9.18 Å². The molecule has 0 atom stereocenters. The lowest BCUT2D eigenvalue weighted by Gasteiger charge is -2.12. The Morgan fingerprint density at radius 2 is 1.76 bits per heavy atom. The van der Waals surface area contributed by atoms with Crippen LogP contribution < -0.4 is 5.32 Å². The molecule has 6 nitrogen and oxygen atoms in total. The Balaban J connectivity index is 1.58. The second kappa shape index (κ2) is 11.0. The summed E-state index contributed by atoms with van der Waals surface area (Å²) in [6.07, 6.45) is 0. The molecule has 1 amide bonds. The summed E-state index contributed by atoms with van der Waals surface area (Å²) in [7, 11) is 0. The summed E-state index contributed by atoms with van der Waals surface area (Å²) in [5.41, 5.74) is 2.84. The van der Waals surface area contributed by atoms with E-state index >= 15 is 0 Å². The average Bonchev–Trinajstić information content (AvgIpc) is 3.26. The van der Waals surface area contributed by atoms with Gasteiger partial charge in [0, 0.05) is 10.6 Å². The van der Waals surface area contributed by atoms with E-state index in [1.807, 2.05) is 49.4 Å². The normalized spacial score (nSPS) is 10.6. The van der Waals surface area contributed by atoms with Crippen molar-refractivity contribution in [3.8, 4) is 23.1 Å². The molecule has 0 aliphatic heterocycles. The SMILES string of the molecule is Cc1ccc(-n2c(SCC(=O)Nc3ccccc3SCC#N)nnc2-c2ccccc2F)cc1. The van der Waals surface area contributed by atoms with Gasteiger partial charge in [-0.3, -0.25) is 9.36 Å². The van der Waals surface area contributed by atoms with E-state index < -0.39 is 5.82 Å². The third-order valence-electron chi connectivity index (χ3n) is 4.83. The minimum atomic E-state index is -0.399. The highest BCUT2D eigenvalue weighted by atomic mass is 32.2. The molecule has 0 unspecified atom stereocenters. The number of anilines is 1. The number of amides is 1. The quantitative estimate of drug-likeness (QED) is 0.318. The summed E-state index contributed by atoms with van der Waals surface area (Å²) in [5, 5.41) is 20.7. The number of carbonyl (C=O) groups excluding carboxylic acids is 1. The van der Waals surface area contributed by atoms with Crippen LogP contribution in [0.3, 0.4) is 0 Å². The van der Waals surface area contributed by atoms with Gasteiger partial charge in [0.2, 0.25) is 5.91 Å². The Labute approximate surface area is 205 Å². The van der Waals surface area contributed by atoms with Crippen LogP contribution in [0, 0.1) is 24.1 Å². The largest absolute Gasteiger partial charge is 0.324 e. The third kappa shape index (κ3) is 5.47. The molecule has 1 aromatic heterocycles. The van der Waals surface area contributed by atoms with E-state index in [1.54, 1.807) is 28.8 Å². The van der Waals surface area contributed by atoms with E-state index in [2.05, 4.69) is 21.6 Å². The van der Waals surface area contributed by atoms with Crippen LogP contribution in [0.15, 0.2) is 82.8 Å². The molecule has 9 heteroatoms. The molecular formula is C25H20FN5OS2. The zero-order chi connectivity index (χ0) is 23.9. The van der Waals surface area contributed by atoms with Gasteiger partial charge >= 0.3 is 0 Å². The molecular weight excluding hydrogens is 469 g/mol. The molecule has 0 saturated carbocycles. The number of benzene rings is 3. The minimum absolute atomic E-state index is 0.0819. The number of para-hydroxylation sites is 1. The van der Waals surface area contributed by atoms with Crippen LogP contribution in [0.25, 0.3) is 17.1 Å². The van der Waals surface area contributed by atoms with Crippen molar-refractivity contribution in [2.45, 2.75) is 17.0 Å². The van der Waals surface area contributed by atoms with Gasteiger partial charge in [-0.05, 0) is 43.3 Å². The van der Waals surface area contributed by atoms with E-state index in [0.29, 0.717) is 28.0 Å². The lowest BCUT2D eigenvalue weighted by Crippen LogP contribution is -2.15. The van der Waals surface area contributed by atoms with Gasteiger partial charge in [-0.15, -0.1) is 22.0 Å². The fourth-order valence-electron chi connectivity index (χ4n) is 3.23. The first kappa shape index (κ1) is 23.5. The Hall–Kier alpha value is -3.61. The molecule has 1 N–H and O–H groups in total. The second-order valence-corrected chi connectivity index (χ2v) is 9.20. The van der Waals surface area contributed by atoms with E-state index in [0.717, 1.165) is 16.1 Å². The highest BCUT2D eigenvalue weighted by Gasteiger charge is 2.19. The Bertz CT molecular complexity index is 1350. The van der Waals surface area contributed by atoms with Gasteiger partial charge in [0.1, 0.15) is 5.82 Å². The van der Waals surface area contributed by atoms with Gasteiger partial charge in [-0.2, -0.15) is 5.26 Å². The molecule has 4 rings (SSSR count). The highest BCUT2D eigenvalue weighted by Crippen LogP contribution is 2.30. The second-order valence-electron chi connectivity index (χ2n) is 7.24. The van der Waals surface area contributed by atoms with Crippen molar-refractivity contribution in [1.29, 1.82) is 5.26 Å². The Morgan fingerprint density at radius 3 is 2.53 bits per heavy atom. The molecule has 4 aromatic rings. The molecule has 0 saturated heterocycles. The van der Waals surface area contributed by atoms with Crippen molar-refractivity contribution < 1.29 is 9.18 Å². The maximum atomic E-state index is 14.6. The fourth-order valence-corrected chi connectivity index (χ4v) is 4.65. The van der Waals surface area contributed by atoms with Gasteiger partial charge < -0.3 is 5.32 Å². The summed E-state index contributed by atoms with van der Waals surface area (Å²) in [4.78, 5) is 13.5. The number of rotatable bonds is 8. The summed E-state index contributed by atoms with van der Waals surface area (Å²) >= 11 is 2.58. The lowest BCUT2D eigenvalue weighted by atomic mass is 10.2. The third-order valence-corrected chi connectivity index (χ3v) is 6.70. The molecule has 0 spiro atoms. The number of hydrogen-bond acceptors (Lipinski definition) is 6. The van der Waals surface area contributed by atoms with Gasteiger partial charge in [-0.1, -0.05) is 53.7 Å². The van der Waals surface area contributed by atoms with Crippen molar-refractivity contribution in [3.05, 3.63) is 84.2 Å². The standard InChI is InChI=1S/C25H20FN5OS2/c1-17-10-12-18(13-11-17)31-24(19-6-2-3-7-20(19)26)29-30-25(31)34-16-23(32)28-21-8-4-5-9-22(21)33-15-14-27/h2-13H,15-16H2,1H3,(H,28,32). The highest BCUT2D eigenvalue weighted by molar-refractivity contribution is 8.00. The van der Waals surface area contributed by atoms with Gasteiger partial charge in [0.05, 0.1) is 28.8 Å². The molecule has 0 fully saturated rings. The first-order valence-corrected chi connectivity index (χ1v) is 12.3. The maximum Gasteiger partial charge on any atom is 0.234 e. The zero-order valence-corrected chi connectivity index (χ0v) is 19.9. The van der Waals surface area contributed by atoms with Crippen molar-refractivity contribution in [1.82, 2.24) is 14.8 Å². The van der Waals surface area contributed by atoms with Gasteiger partial charge in [-0.25, -0.2) is 4.39 Å². The monoisotopic (exact) mass is 489 g/mol. The van der Waals surface area contributed by atoms with Crippen molar-refractivity contribution in [3.63, 3.8) is 0 Å². The molecule has 1 heterocycles. The van der Waals surface area contributed by atoms with Gasteiger partial charge in [0.25, 0.3) is 0 Å². The summed E-state index contributed by atoms with van der Waals surface area (Å²) in [5.74, 6) is 0.117. The molecule has 34 heavy (non-hydrogen) atoms. The van der Waals surface area contributed by atoms with E-state index in [-0.39, 0.29) is 11.7 Å². The van der Waals surface area contributed by atoms with Crippen LogP contribution in [-0.4, -0.2) is 32.2 Å². The van der Waals surface area contributed by atoms with Crippen molar-refractivity contribution >= 4 is 35.1 Å². The number of aryl methyl sites for hydroxylation is 1. The molecule has 0 bridgehead atoms. The van der Waals surface area contributed by atoms with Crippen LogP contribution in [-0.2, 0) is 4.79 Å². The number of carbonyl (C=O) groups is 1. The smallest absolute Gasteiger partial charge is 0.234 e. The number of nitrogens with one attached hydrogen (secondary N) is 1. The number of hydrogen-bond donors (Lipinski definition) is 1. The number of halogens is 1. The number of nitrogens with zero attached hydrogens (tertiary/aromatic N) is 4. The summed E-state index contributed by atoms with van der Waals surface area (Å²) in [6.45, 7) is 1.99. The first-order valence-electron chi connectivity index (χ1n) is 10.4. The van der Waals surface area contributed by atoms with Crippen molar-refractivity contribution in [2.24, 2.45) is 0 Å². The van der Waals surface area contributed by atoms with Gasteiger partial charge in [0.15, 0.2) is 11.0 Å². The molecule has 0 aliphatic rings. The number of aromatic nitrogens is 3. The Kier molecular flexibility index (Phi) is 7.62. The van der Waals surface area contributed by atoms with Crippen LogP contribution in [0.4, 0.5) is 10.1 Å². The molecule has 0 radical (unpaired) electrons. The zero-order valence-electron chi connectivity index (χ0n) is 18.2. The Morgan fingerprint density at radius 1 is 1.03 bits per heavy atom. The van der Waals surface area contributed by atoms with Crippen LogP contribution >= 0.6 is 23.5 Å². The van der Waals surface area contributed by atoms with Crippen LogP contribution in [0.5, 0.6) is 0 Å². The van der Waals surface area contributed by atoms with Crippen LogP contribution in [0.2, 0.25) is 0 Å². The predicted molar refractivity (Wildman–Crippen MR) is 134 cm³/mol. The number of thioether (sulfide) groups is 2. The molecule has 3 aromatic carbocycles. The fraction of sp³-hybridized carbons (Fsp3) is 0.120. The maximum absolute atomic E-state index is 14.6.